The second kappa shape index (κ2) is 23.4. The van der Waals surface area contributed by atoms with Gasteiger partial charge in [-0.2, -0.15) is 0 Å². The summed E-state index contributed by atoms with van der Waals surface area (Å²) in [6.07, 6.45) is 6.92. The summed E-state index contributed by atoms with van der Waals surface area (Å²) in [5, 5.41) is 18.1. The van der Waals surface area contributed by atoms with E-state index in [9.17, 15) is 19.2 Å². The Bertz CT molecular complexity index is 798. The van der Waals surface area contributed by atoms with Crippen LogP contribution >= 0.6 is 0 Å². The quantitative estimate of drug-likeness (QED) is 0.0625. The average Bonchev–Trinajstić information content (AvgIpc) is 2.91. The maximum atomic E-state index is 12.5. The Morgan fingerprint density at radius 1 is 0.600 bits per heavy atom. The van der Waals surface area contributed by atoms with Crippen molar-refractivity contribution in [3.63, 3.8) is 0 Å². The van der Waals surface area contributed by atoms with Gasteiger partial charge in [-0.25, -0.2) is 0 Å². The molecule has 0 radical (unpaired) electrons. The number of carbonyl (C=O) groups is 4. The van der Waals surface area contributed by atoms with Crippen LogP contribution in [0.2, 0.25) is 0 Å². The first-order valence-electron chi connectivity index (χ1n) is 14.3. The summed E-state index contributed by atoms with van der Waals surface area (Å²) < 4.78 is 0. The number of amides is 4. The van der Waals surface area contributed by atoms with E-state index in [2.05, 4.69) is 41.3 Å². The largest absolute Gasteiger partial charge is 0.354 e. The molecule has 0 saturated carbocycles. The van der Waals surface area contributed by atoms with Crippen LogP contribution in [0.5, 0.6) is 0 Å². The molecular formula is C26H48N10O4. The Morgan fingerprint density at radius 3 is 1.27 bits per heavy atom. The van der Waals surface area contributed by atoms with Gasteiger partial charge in [0.2, 0.25) is 23.6 Å². The van der Waals surface area contributed by atoms with Crippen molar-refractivity contribution in [2.45, 2.75) is 104 Å². The van der Waals surface area contributed by atoms with Crippen molar-refractivity contribution in [1.82, 2.24) is 21.3 Å². The number of hydrogen-bond donors (Lipinski definition) is 4. The van der Waals surface area contributed by atoms with Crippen molar-refractivity contribution in [3.8, 4) is 0 Å². The van der Waals surface area contributed by atoms with Crippen molar-refractivity contribution in [2.75, 3.05) is 26.2 Å². The third kappa shape index (κ3) is 18.7. The number of rotatable bonds is 23. The molecule has 4 amide bonds. The van der Waals surface area contributed by atoms with E-state index < -0.39 is 12.1 Å². The predicted molar refractivity (Wildman–Crippen MR) is 154 cm³/mol. The fourth-order valence-electron chi connectivity index (χ4n) is 3.87. The third-order valence-electron chi connectivity index (χ3n) is 6.18. The van der Waals surface area contributed by atoms with Crippen LogP contribution in [0.1, 0.15) is 91.9 Å². The second-order valence-electron chi connectivity index (χ2n) is 10.4. The molecule has 4 N–H and O–H groups in total. The van der Waals surface area contributed by atoms with E-state index in [1.807, 2.05) is 27.7 Å². The first-order valence-corrected chi connectivity index (χ1v) is 14.3. The lowest BCUT2D eigenvalue weighted by Gasteiger charge is -2.22. The van der Waals surface area contributed by atoms with Crippen LogP contribution in [-0.2, 0) is 19.2 Å². The molecule has 0 aliphatic heterocycles. The fourth-order valence-corrected chi connectivity index (χ4v) is 3.87. The molecule has 0 bridgehead atoms. The summed E-state index contributed by atoms with van der Waals surface area (Å²) in [5.74, 6) is -0.965. The van der Waals surface area contributed by atoms with Gasteiger partial charge in [0.15, 0.2) is 0 Å². The topological polar surface area (TPSA) is 214 Å². The molecule has 0 aliphatic rings. The molecule has 0 unspecified atom stereocenters. The van der Waals surface area contributed by atoms with Crippen LogP contribution in [0.4, 0.5) is 0 Å². The highest BCUT2D eigenvalue weighted by molar-refractivity contribution is 5.88. The van der Waals surface area contributed by atoms with Gasteiger partial charge in [-0.3, -0.25) is 19.2 Å². The molecule has 0 aromatic carbocycles. The summed E-state index contributed by atoms with van der Waals surface area (Å²) in [6, 6.07) is -1.20. The van der Waals surface area contributed by atoms with Gasteiger partial charge < -0.3 is 21.3 Å². The maximum absolute atomic E-state index is 12.5. The minimum Gasteiger partial charge on any atom is -0.354 e. The zero-order chi connectivity index (χ0) is 30.2. The standard InChI is InChI=1S/C26H48N10O4/c1-19(2)23(33-21(37)13-11-17-31-35-27)25(39)29-15-9-7-5-6-8-10-16-30-26(40)24(20(3)4)34-22(38)14-12-18-32-36-28/h19-20,23-24H,5-18H2,1-4H3,(H,29,39)(H,30,40)(H,33,37)(H,34,38)/t23-,24-/m0/s1. The number of hydrogen-bond acceptors (Lipinski definition) is 6. The fraction of sp³-hybridized carbons (Fsp3) is 0.846. The summed E-state index contributed by atoms with van der Waals surface area (Å²) in [5.41, 5.74) is 16.6. The lowest BCUT2D eigenvalue weighted by molar-refractivity contribution is -0.130. The normalized spacial score (nSPS) is 12.1. The molecule has 226 valence electrons. The highest BCUT2D eigenvalue weighted by Crippen LogP contribution is 2.07. The van der Waals surface area contributed by atoms with E-state index in [0.717, 1.165) is 38.5 Å². The van der Waals surface area contributed by atoms with E-state index in [1.165, 1.54) is 0 Å². The van der Waals surface area contributed by atoms with Crippen molar-refractivity contribution in [1.29, 1.82) is 0 Å². The molecule has 0 aromatic rings. The number of carbonyl (C=O) groups excluding carboxylic acids is 4. The highest BCUT2D eigenvalue weighted by atomic mass is 16.2. The number of azide groups is 2. The van der Waals surface area contributed by atoms with E-state index in [-0.39, 0.29) is 61.4 Å². The van der Waals surface area contributed by atoms with Crippen molar-refractivity contribution < 1.29 is 19.2 Å². The highest BCUT2D eigenvalue weighted by Gasteiger charge is 2.24. The van der Waals surface area contributed by atoms with Gasteiger partial charge in [0.05, 0.1) is 0 Å². The molecule has 0 aromatic heterocycles. The van der Waals surface area contributed by atoms with E-state index in [0.29, 0.717) is 25.9 Å². The lowest BCUT2D eigenvalue weighted by Crippen LogP contribution is -2.49. The van der Waals surface area contributed by atoms with Gasteiger partial charge in [0.1, 0.15) is 12.1 Å². The molecule has 14 heteroatoms. The SMILES string of the molecule is CC(C)[C@H](NC(=O)CCCN=[N+]=[N-])C(=O)NCCCCCCCCNC(=O)[C@@H](NC(=O)CCCN=[N+]=[N-])C(C)C. The van der Waals surface area contributed by atoms with Crippen LogP contribution in [0.3, 0.4) is 0 Å². The zero-order valence-electron chi connectivity index (χ0n) is 24.5. The van der Waals surface area contributed by atoms with Crippen LogP contribution in [0, 0.1) is 11.8 Å². The van der Waals surface area contributed by atoms with Gasteiger partial charge in [-0.1, -0.05) is 63.6 Å². The summed E-state index contributed by atoms with van der Waals surface area (Å²) in [7, 11) is 0. The summed E-state index contributed by atoms with van der Waals surface area (Å²) in [4.78, 5) is 54.5. The molecule has 0 aliphatic carbocycles. The van der Waals surface area contributed by atoms with E-state index >= 15 is 0 Å². The average molecular weight is 565 g/mol. The molecule has 0 heterocycles. The number of nitrogens with one attached hydrogen (secondary N) is 4. The van der Waals surface area contributed by atoms with Gasteiger partial charge in [-0.15, -0.1) is 0 Å². The Balaban J connectivity index is 4.06. The monoisotopic (exact) mass is 564 g/mol. The Labute approximate surface area is 237 Å². The summed E-state index contributed by atoms with van der Waals surface area (Å²) >= 11 is 0. The molecule has 0 spiro atoms. The van der Waals surface area contributed by atoms with Gasteiger partial charge in [0, 0.05) is 48.8 Å². The Morgan fingerprint density at radius 2 is 0.950 bits per heavy atom. The molecule has 0 rings (SSSR count). The van der Waals surface area contributed by atoms with Gasteiger partial charge >= 0.3 is 0 Å². The Hall–Kier alpha value is -3.50. The Kier molecular flexibility index (Phi) is 21.3. The minimum absolute atomic E-state index is 0.0518. The number of nitrogens with zero attached hydrogens (tertiary/aromatic N) is 6. The van der Waals surface area contributed by atoms with E-state index in [4.69, 9.17) is 11.1 Å². The van der Waals surface area contributed by atoms with Crippen molar-refractivity contribution in [2.24, 2.45) is 22.1 Å². The van der Waals surface area contributed by atoms with Crippen LogP contribution < -0.4 is 21.3 Å². The molecule has 2 atom stereocenters. The molecular weight excluding hydrogens is 516 g/mol. The smallest absolute Gasteiger partial charge is 0.242 e. The van der Waals surface area contributed by atoms with Crippen LogP contribution in [-0.4, -0.2) is 61.9 Å². The maximum Gasteiger partial charge on any atom is 0.242 e. The minimum atomic E-state index is -0.602. The molecule has 0 saturated heterocycles. The zero-order valence-corrected chi connectivity index (χ0v) is 24.5. The predicted octanol–water partition coefficient (Wildman–Crippen LogP) is 4.02. The molecule has 0 fully saturated rings. The lowest BCUT2D eigenvalue weighted by atomic mass is 10.0. The van der Waals surface area contributed by atoms with Crippen LogP contribution in [0.25, 0.3) is 20.9 Å². The third-order valence-corrected chi connectivity index (χ3v) is 6.18. The van der Waals surface area contributed by atoms with Gasteiger partial charge in [0.25, 0.3) is 0 Å². The first kappa shape index (κ1) is 36.5. The van der Waals surface area contributed by atoms with Crippen molar-refractivity contribution >= 4 is 23.6 Å². The molecule has 40 heavy (non-hydrogen) atoms. The summed E-state index contributed by atoms with van der Waals surface area (Å²) in [6.45, 7) is 9.09. The first-order chi connectivity index (χ1) is 19.1. The second-order valence-corrected chi connectivity index (χ2v) is 10.4. The number of unbranched alkanes of at least 4 members (excludes halogenated alkanes) is 5. The van der Waals surface area contributed by atoms with Crippen LogP contribution in [0.15, 0.2) is 10.2 Å². The van der Waals surface area contributed by atoms with Crippen molar-refractivity contribution in [3.05, 3.63) is 20.9 Å². The van der Waals surface area contributed by atoms with E-state index in [1.54, 1.807) is 0 Å². The molecule has 14 nitrogen and oxygen atoms in total. The van der Waals surface area contributed by atoms with Gasteiger partial charge in [-0.05, 0) is 48.6 Å².